The van der Waals surface area contributed by atoms with Crippen LogP contribution in [0, 0.1) is 0 Å². The Labute approximate surface area is 130 Å². The maximum Gasteiger partial charge on any atom is 0.244 e. The summed E-state index contributed by atoms with van der Waals surface area (Å²) in [6.45, 7) is 1.65. The van der Waals surface area contributed by atoms with Gasteiger partial charge in [0.2, 0.25) is 15.9 Å². The Morgan fingerprint density at radius 3 is 2.64 bits per heavy atom. The molecule has 0 radical (unpaired) electrons. The van der Waals surface area contributed by atoms with Crippen LogP contribution in [0.5, 0.6) is 0 Å². The van der Waals surface area contributed by atoms with Gasteiger partial charge in [0.15, 0.2) is 0 Å². The molecule has 1 aliphatic rings. The number of carbonyl (C=O) groups excluding carboxylic acids is 1. The fourth-order valence-electron chi connectivity index (χ4n) is 2.06. The van der Waals surface area contributed by atoms with Crippen molar-refractivity contribution in [2.75, 3.05) is 51.8 Å². The number of sulfonamides is 1. The van der Waals surface area contributed by atoms with Gasteiger partial charge in [-0.2, -0.15) is 4.31 Å². The van der Waals surface area contributed by atoms with Crippen LogP contribution in [0.2, 0.25) is 0 Å². The predicted molar refractivity (Wildman–Crippen MR) is 81.2 cm³/mol. The molecule has 1 aliphatic heterocycles. The van der Waals surface area contributed by atoms with Gasteiger partial charge in [0.05, 0.1) is 19.8 Å². The van der Waals surface area contributed by atoms with E-state index >= 15 is 0 Å². The van der Waals surface area contributed by atoms with Crippen LogP contribution in [-0.2, 0) is 19.6 Å². The largest absolute Gasteiger partial charge is 0.379 e. The normalized spacial score (nSPS) is 16.3. The molecule has 1 fully saturated rings. The molecule has 8 nitrogen and oxygen atoms in total. The number of rotatable bonds is 5. The van der Waals surface area contributed by atoms with Gasteiger partial charge in [0, 0.05) is 33.4 Å². The summed E-state index contributed by atoms with van der Waals surface area (Å²) in [5.74, 6) is 0.388. The lowest BCUT2D eigenvalue weighted by molar-refractivity contribution is -0.119. The second-order valence-corrected chi connectivity index (χ2v) is 6.84. The smallest absolute Gasteiger partial charge is 0.244 e. The molecule has 0 saturated carbocycles. The van der Waals surface area contributed by atoms with Crippen LogP contribution in [0.3, 0.4) is 0 Å². The molecule has 1 aromatic heterocycles. The van der Waals surface area contributed by atoms with Crippen molar-refractivity contribution < 1.29 is 17.9 Å². The van der Waals surface area contributed by atoms with Gasteiger partial charge in [-0.25, -0.2) is 13.4 Å². The third-order valence-electron chi connectivity index (χ3n) is 3.38. The molecule has 1 saturated heterocycles. The molecule has 122 valence electrons. The second-order valence-electron chi connectivity index (χ2n) is 4.90. The molecule has 0 aliphatic carbocycles. The van der Waals surface area contributed by atoms with E-state index in [4.69, 9.17) is 4.74 Å². The van der Waals surface area contributed by atoms with Crippen molar-refractivity contribution >= 4 is 21.7 Å². The van der Waals surface area contributed by atoms with Gasteiger partial charge < -0.3 is 15.0 Å². The van der Waals surface area contributed by atoms with E-state index < -0.39 is 10.0 Å². The van der Waals surface area contributed by atoms with E-state index in [-0.39, 0.29) is 17.3 Å². The van der Waals surface area contributed by atoms with Gasteiger partial charge in [-0.15, -0.1) is 0 Å². The van der Waals surface area contributed by atoms with E-state index in [1.807, 2.05) is 0 Å². The molecule has 1 aromatic rings. The number of nitrogens with zero attached hydrogens (tertiary/aromatic N) is 3. The first kappa shape index (κ1) is 16.7. The van der Waals surface area contributed by atoms with Gasteiger partial charge >= 0.3 is 0 Å². The maximum atomic E-state index is 12.4. The zero-order chi connectivity index (χ0) is 16.2. The molecule has 0 spiro atoms. The van der Waals surface area contributed by atoms with Gasteiger partial charge in [0.1, 0.15) is 10.7 Å². The monoisotopic (exact) mass is 328 g/mol. The predicted octanol–water partition coefficient (Wildman–Crippen LogP) is -0.715. The van der Waals surface area contributed by atoms with E-state index in [1.165, 1.54) is 16.6 Å². The Morgan fingerprint density at radius 1 is 1.41 bits per heavy atom. The Hall–Kier alpha value is -1.71. The first-order chi connectivity index (χ1) is 10.4. The summed E-state index contributed by atoms with van der Waals surface area (Å²) in [4.78, 5) is 17.3. The highest BCUT2D eigenvalue weighted by Gasteiger charge is 2.26. The molecular weight excluding hydrogens is 308 g/mol. The standard InChI is InChI=1S/C13H20N4O4S/c1-14-13(18)10-16(2)12-4-3-11(9-15-12)22(19,20)17-5-7-21-8-6-17/h3-4,9H,5-8,10H2,1-2H3,(H,14,18). The molecule has 0 bridgehead atoms. The van der Waals surface area contributed by atoms with Gasteiger partial charge in [-0.3, -0.25) is 4.79 Å². The van der Waals surface area contributed by atoms with Crippen molar-refractivity contribution in [3.8, 4) is 0 Å². The van der Waals surface area contributed by atoms with E-state index in [9.17, 15) is 13.2 Å². The average molecular weight is 328 g/mol. The number of pyridine rings is 1. The molecule has 2 heterocycles. The lowest BCUT2D eigenvalue weighted by Crippen LogP contribution is -2.40. The molecule has 9 heteroatoms. The molecular formula is C13H20N4O4S. The van der Waals surface area contributed by atoms with Crippen molar-refractivity contribution in [1.82, 2.24) is 14.6 Å². The van der Waals surface area contributed by atoms with E-state index in [1.54, 1.807) is 25.1 Å². The molecule has 0 atom stereocenters. The first-order valence-corrected chi connectivity index (χ1v) is 8.35. The Morgan fingerprint density at radius 2 is 2.09 bits per heavy atom. The Balaban J connectivity index is 2.12. The Bertz CT molecular complexity index is 611. The summed E-state index contributed by atoms with van der Waals surface area (Å²) in [6.07, 6.45) is 1.32. The number of anilines is 1. The lowest BCUT2D eigenvalue weighted by atomic mass is 10.4. The highest BCUT2D eigenvalue weighted by atomic mass is 32.2. The third kappa shape index (κ3) is 3.73. The van der Waals surface area contributed by atoms with Gasteiger partial charge in [0.25, 0.3) is 0 Å². The number of likely N-dealkylation sites (N-methyl/N-ethyl adjacent to an activating group) is 2. The molecule has 22 heavy (non-hydrogen) atoms. The molecule has 1 amide bonds. The van der Waals surface area contributed by atoms with E-state index in [0.29, 0.717) is 32.1 Å². The first-order valence-electron chi connectivity index (χ1n) is 6.91. The van der Waals surface area contributed by atoms with E-state index in [0.717, 1.165) is 0 Å². The summed E-state index contributed by atoms with van der Waals surface area (Å²) < 4.78 is 31.4. The fraction of sp³-hybridized carbons (Fsp3) is 0.538. The van der Waals surface area contributed by atoms with Crippen LogP contribution in [0.1, 0.15) is 0 Å². The van der Waals surface area contributed by atoms with Crippen LogP contribution in [0.4, 0.5) is 5.82 Å². The van der Waals surface area contributed by atoms with Gasteiger partial charge in [-0.1, -0.05) is 0 Å². The highest BCUT2D eigenvalue weighted by molar-refractivity contribution is 7.89. The molecule has 0 aromatic carbocycles. The van der Waals surface area contributed by atoms with Crippen LogP contribution < -0.4 is 10.2 Å². The average Bonchev–Trinajstić information content (AvgIpc) is 2.55. The number of hydrogen-bond donors (Lipinski definition) is 1. The SMILES string of the molecule is CNC(=O)CN(C)c1ccc(S(=O)(=O)N2CCOCC2)cn1. The van der Waals surface area contributed by atoms with Crippen LogP contribution in [0.25, 0.3) is 0 Å². The zero-order valence-corrected chi connectivity index (χ0v) is 13.5. The summed E-state index contributed by atoms with van der Waals surface area (Å²) in [6, 6.07) is 3.10. The summed E-state index contributed by atoms with van der Waals surface area (Å²) >= 11 is 0. The number of aromatic nitrogens is 1. The minimum Gasteiger partial charge on any atom is -0.379 e. The molecule has 0 unspecified atom stereocenters. The third-order valence-corrected chi connectivity index (χ3v) is 5.26. The van der Waals surface area contributed by atoms with Crippen LogP contribution >= 0.6 is 0 Å². The van der Waals surface area contributed by atoms with E-state index in [2.05, 4.69) is 10.3 Å². The van der Waals surface area contributed by atoms with Crippen LogP contribution in [-0.4, -0.2) is 70.6 Å². The number of hydrogen-bond acceptors (Lipinski definition) is 6. The summed E-state index contributed by atoms with van der Waals surface area (Å²) in [7, 11) is -0.266. The second kappa shape index (κ2) is 7.03. The van der Waals surface area contributed by atoms with Crippen molar-refractivity contribution in [1.29, 1.82) is 0 Å². The highest BCUT2D eigenvalue weighted by Crippen LogP contribution is 2.18. The van der Waals surface area contributed by atoms with Crippen molar-refractivity contribution in [3.63, 3.8) is 0 Å². The minimum absolute atomic E-state index is 0.144. The number of amides is 1. The lowest BCUT2D eigenvalue weighted by Gasteiger charge is -2.26. The number of ether oxygens (including phenoxy) is 1. The number of carbonyl (C=O) groups is 1. The van der Waals surface area contributed by atoms with Gasteiger partial charge in [-0.05, 0) is 12.1 Å². The maximum absolute atomic E-state index is 12.4. The molecule has 1 N–H and O–H groups in total. The molecule has 2 rings (SSSR count). The van der Waals surface area contributed by atoms with Crippen molar-refractivity contribution in [2.24, 2.45) is 0 Å². The van der Waals surface area contributed by atoms with Crippen molar-refractivity contribution in [3.05, 3.63) is 18.3 Å². The van der Waals surface area contributed by atoms with Crippen LogP contribution in [0.15, 0.2) is 23.2 Å². The Kier molecular flexibility index (Phi) is 5.33. The summed E-state index contributed by atoms with van der Waals surface area (Å²) in [5, 5.41) is 2.52. The minimum atomic E-state index is -3.54. The quantitative estimate of drug-likeness (QED) is 0.767. The zero-order valence-electron chi connectivity index (χ0n) is 12.7. The van der Waals surface area contributed by atoms with Crippen molar-refractivity contribution in [2.45, 2.75) is 4.90 Å². The number of morpholine rings is 1. The summed E-state index contributed by atoms with van der Waals surface area (Å²) in [5.41, 5.74) is 0. The topological polar surface area (TPSA) is 91.8 Å². The fourth-order valence-corrected chi connectivity index (χ4v) is 3.42. The number of nitrogens with one attached hydrogen (secondary N) is 1.